The topological polar surface area (TPSA) is 52.4 Å². The Kier molecular flexibility index (Phi) is 6.53. The number of hydrogen-bond acceptors (Lipinski definition) is 6. The maximum atomic E-state index is 13.9. The van der Waals surface area contributed by atoms with Gasteiger partial charge in [-0.1, -0.05) is 41.6 Å². The SMILES string of the molecule is Fc1cccc(-n2c(SCCOc3ccccc3Cl)nnc2N2CCOCC2)c1. The lowest BCUT2D eigenvalue weighted by molar-refractivity contribution is 0.122. The van der Waals surface area contributed by atoms with Gasteiger partial charge in [0.05, 0.1) is 30.5 Å². The second-order valence-electron chi connectivity index (χ2n) is 6.32. The molecule has 152 valence electrons. The van der Waals surface area contributed by atoms with Gasteiger partial charge in [-0.2, -0.15) is 0 Å². The number of hydrogen-bond donors (Lipinski definition) is 0. The zero-order valence-electron chi connectivity index (χ0n) is 15.6. The third kappa shape index (κ3) is 4.83. The van der Waals surface area contributed by atoms with E-state index in [9.17, 15) is 4.39 Å². The Bertz CT molecular complexity index is 965. The second kappa shape index (κ2) is 9.47. The summed E-state index contributed by atoms with van der Waals surface area (Å²) in [5.41, 5.74) is 0.686. The van der Waals surface area contributed by atoms with Gasteiger partial charge >= 0.3 is 0 Å². The van der Waals surface area contributed by atoms with Gasteiger partial charge in [0.2, 0.25) is 5.95 Å². The molecule has 1 saturated heterocycles. The van der Waals surface area contributed by atoms with Crippen LogP contribution in [0.2, 0.25) is 5.02 Å². The van der Waals surface area contributed by atoms with E-state index in [0.29, 0.717) is 66.2 Å². The van der Waals surface area contributed by atoms with Gasteiger partial charge in [0.1, 0.15) is 11.6 Å². The van der Waals surface area contributed by atoms with Crippen LogP contribution in [0.5, 0.6) is 5.75 Å². The van der Waals surface area contributed by atoms with Crippen LogP contribution in [0.3, 0.4) is 0 Å². The summed E-state index contributed by atoms with van der Waals surface area (Å²) in [4.78, 5) is 2.10. The molecule has 2 aromatic carbocycles. The van der Waals surface area contributed by atoms with E-state index in [2.05, 4.69) is 15.1 Å². The van der Waals surface area contributed by atoms with Crippen LogP contribution >= 0.6 is 23.4 Å². The quantitative estimate of drug-likeness (QED) is 0.413. The van der Waals surface area contributed by atoms with E-state index in [-0.39, 0.29) is 5.82 Å². The average Bonchev–Trinajstić information content (AvgIpc) is 3.17. The van der Waals surface area contributed by atoms with E-state index in [1.54, 1.807) is 12.1 Å². The van der Waals surface area contributed by atoms with Gasteiger partial charge < -0.3 is 14.4 Å². The first kappa shape index (κ1) is 20.0. The Hall–Kier alpha value is -2.29. The monoisotopic (exact) mass is 434 g/mol. The summed E-state index contributed by atoms with van der Waals surface area (Å²) in [7, 11) is 0. The molecule has 0 bridgehead atoms. The largest absolute Gasteiger partial charge is 0.491 e. The van der Waals surface area contributed by atoms with Crippen LogP contribution in [0.4, 0.5) is 10.3 Å². The Morgan fingerprint density at radius 3 is 2.72 bits per heavy atom. The summed E-state index contributed by atoms with van der Waals surface area (Å²) < 4.78 is 26.9. The summed E-state index contributed by atoms with van der Waals surface area (Å²) >= 11 is 7.62. The molecule has 0 radical (unpaired) electrons. The molecular weight excluding hydrogens is 415 g/mol. The number of rotatable bonds is 7. The van der Waals surface area contributed by atoms with Crippen LogP contribution in [-0.2, 0) is 4.74 Å². The molecule has 3 aromatic rings. The summed E-state index contributed by atoms with van der Waals surface area (Å²) in [6, 6.07) is 13.8. The lowest BCUT2D eigenvalue weighted by Gasteiger charge is -2.27. The van der Waals surface area contributed by atoms with E-state index in [4.69, 9.17) is 21.1 Å². The number of benzene rings is 2. The molecule has 1 aliphatic rings. The van der Waals surface area contributed by atoms with Gasteiger partial charge in [-0.25, -0.2) is 4.39 Å². The smallest absolute Gasteiger partial charge is 0.232 e. The second-order valence-corrected chi connectivity index (χ2v) is 7.79. The van der Waals surface area contributed by atoms with Gasteiger partial charge in [-0.3, -0.25) is 4.57 Å². The van der Waals surface area contributed by atoms with Crippen LogP contribution in [0, 0.1) is 5.82 Å². The van der Waals surface area contributed by atoms with Crippen molar-refractivity contribution < 1.29 is 13.9 Å². The fourth-order valence-electron chi connectivity index (χ4n) is 3.01. The summed E-state index contributed by atoms with van der Waals surface area (Å²) in [6.07, 6.45) is 0. The number of halogens is 2. The Balaban J connectivity index is 1.51. The molecule has 9 heteroatoms. The van der Waals surface area contributed by atoms with Crippen molar-refractivity contribution in [3.63, 3.8) is 0 Å². The first-order valence-electron chi connectivity index (χ1n) is 9.26. The van der Waals surface area contributed by atoms with Gasteiger partial charge in [0, 0.05) is 18.8 Å². The Morgan fingerprint density at radius 1 is 1.10 bits per heavy atom. The first-order chi connectivity index (χ1) is 14.2. The average molecular weight is 435 g/mol. The Morgan fingerprint density at radius 2 is 1.93 bits per heavy atom. The lowest BCUT2D eigenvalue weighted by atomic mass is 10.3. The molecule has 1 aliphatic heterocycles. The summed E-state index contributed by atoms with van der Waals surface area (Å²) in [5, 5.41) is 9.98. The fourth-order valence-corrected chi connectivity index (χ4v) is 3.97. The van der Waals surface area contributed by atoms with Crippen molar-refractivity contribution in [2.75, 3.05) is 43.6 Å². The lowest BCUT2D eigenvalue weighted by Crippen LogP contribution is -2.37. The van der Waals surface area contributed by atoms with Crippen molar-refractivity contribution in [3.05, 3.63) is 59.4 Å². The highest BCUT2D eigenvalue weighted by Gasteiger charge is 2.22. The van der Waals surface area contributed by atoms with Gasteiger partial charge in [0.25, 0.3) is 0 Å². The standard InChI is InChI=1S/C20H20ClFN4O2S/c21-17-6-1-2-7-18(17)28-12-13-29-20-24-23-19(25-8-10-27-11-9-25)26(20)16-5-3-4-15(22)14-16/h1-7,14H,8-13H2. The molecule has 1 aromatic heterocycles. The highest BCUT2D eigenvalue weighted by Crippen LogP contribution is 2.28. The molecule has 6 nitrogen and oxygen atoms in total. The number of morpholine rings is 1. The van der Waals surface area contributed by atoms with Crippen LogP contribution < -0.4 is 9.64 Å². The van der Waals surface area contributed by atoms with Crippen LogP contribution in [0.15, 0.2) is 53.7 Å². The molecule has 29 heavy (non-hydrogen) atoms. The number of anilines is 1. The first-order valence-corrected chi connectivity index (χ1v) is 10.6. The number of para-hydroxylation sites is 1. The van der Waals surface area contributed by atoms with Crippen molar-refractivity contribution in [2.45, 2.75) is 5.16 Å². The van der Waals surface area contributed by atoms with Crippen LogP contribution in [0.1, 0.15) is 0 Å². The molecular formula is C20H20ClFN4O2S. The molecule has 0 saturated carbocycles. The van der Waals surface area contributed by atoms with E-state index in [0.717, 1.165) is 0 Å². The minimum atomic E-state index is -0.304. The molecule has 0 unspecified atom stereocenters. The molecule has 0 N–H and O–H groups in total. The zero-order chi connectivity index (χ0) is 20.1. The van der Waals surface area contributed by atoms with E-state index < -0.39 is 0 Å². The zero-order valence-corrected chi connectivity index (χ0v) is 17.2. The van der Waals surface area contributed by atoms with E-state index in [1.165, 1.54) is 23.9 Å². The normalized spacial score (nSPS) is 14.2. The van der Waals surface area contributed by atoms with Crippen molar-refractivity contribution in [2.24, 2.45) is 0 Å². The number of ether oxygens (including phenoxy) is 2. The van der Waals surface area contributed by atoms with Crippen molar-refractivity contribution in [3.8, 4) is 11.4 Å². The molecule has 0 spiro atoms. The maximum absolute atomic E-state index is 13.9. The molecule has 1 fully saturated rings. The predicted molar refractivity (Wildman–Crippen MR) is 112 cm³/mol. The number of aromatic nitrogens is 3. The third-order valence-electron chi connectivity index (χ3n) is 4.39. The molecule has 0 atom stereocenters. The minimum absolute atomic E-state index is 0.304. The maximum Gasteiger partial charge on any atom is 0.232 e. The highest BCUT2D eigenvalue weighted by molar-refractivity contribution is 7.99. The van der Waals surface area contributed by atoms with E-state index >= 15 is 0 Å². The van der Waals surface area contributed by atoms with Gasteiger partial charge in [-0.05, 0) is 30.3 Å². The van der Waals surface area contributed by atoms with E-state index in [1.807, 2.05) is 28.8 Å². The van der Waals surface area contributed by atoms with Crippen molar-refractivity contribution >= 4 is 29.3 Å². The molecule has 2 heterocycles. The number of thioether (sulfide) groups is 1. The third-order valence-corrected chi connectivity index (χ3v) is 5.59. The van der Waals surface area contributed by atoms with Crippen molar-refractivity contribution in [1.29, 1.82) is 0 Å². The van der Waals surface area contributed by atoms with Crippen LogP contribution in [0.25, 0.3) is 5.69 Å². The molecule has 0 aliphatic carbocycles. The summed E-state index contributed by atoms with van der Waals surface area (Å²) in [5.74, 6) is 1.67. The van der Waals surface area contributed by atoms with Crippen LogP contribution in [-0.4, -0.2) is 53.4 Å². The highest BCUT2D eigenvalue weighted by atomic mass is 35.5. The predicted octanol–water partition coefficient (Wildman–Crippen LogP) is 4.07. The molecule has 0 amide bonds. The fraction of sp³-hybridized carbons (Fsp3) is 0.300. The minimum Gasteiger partial charge on any atom is -0.491 e. The van der Waals surface area contributed by atoms with Gasteiger partial charge in [0.15, 0.2) is 5.16 Å². The molecule has 4 rings (SSSR count). The van der Waals surface area contributed by atoms with Crippen molar-refractivity contribution in [1.82, 2.24) is 14.8 Å². The summed E-state index contributed by atoms with van der Waals surface area (Å²) in [6.45, 7) is 3.15. The Labute approximate surface area is 177 Å². The number of nitrogens with zero attached hydrogens (tertiary/aromatic N) is 4. The van der Waals surface area contributed by atoms with Gasteiger partial charge in [-0.15, -0.1) is 10.2 Å².